The van der Waals surface area contributed by atoms with E-state index in [0.29, 0.717) is 5.92 Å². The Kier molecular flexibility index (Phi) is 13.9. The number of hydrogen-bond donors (Lipinski definition) is 0. The lowest BCUT2D eigenvalue weighted by Gasteiger charge is -2.36. The summed E-state index contributed by atoms with van der Waals surface area (Å²) in [5.74, 6) is 1.18. The molecule has 0 N–H and O–H groups in total. The van der Waals surface area contributed by atoms with E-state index in [0.717, 1.165) is 43.6 Å². The topological polar surface area (TPSA) is 18.5 Å². The first-order chi connectivity index (χ1) is 14.4. The fourth-order valence-electron chi connectivity index (χ4n) is 3.37. The minimum atomic E-state index is -0.175. The van der Waals surface area contributed by atoms with Crippen molar-refractivity contribution < 1.29 is 9.47 Å². The molecule has 1 saturated heterocycles. The molecular weight excluding hydrogens is 456 g/mol. The monoisotopic (exact) mass is 500 g/mol. The van der Waals surface area contributed by atoms with Gasteiger partial charge in [-0.2, -0.15) is 0 Å². The third kappa shape index (κ3) is 10.1. The average Bonchev–Trinajstić information content (AvgIpc) is 3.50. The molecule has 30 heavy (non-hydrogen) atoms. The summed E-state index contributed by atoms with van der Waals surface area (Å²) in [6.07, 6.45) is 8.61. The second-order valence-electron chi connectivity index (χ2n) is 8.63. The van der Waals surface area contributed by atoms with Gasteiger partial charge in [-0.1, -0.05) is 61.0 Å². The van der Waals surface area contributed by atoms with Crippen molar-refractivity contribution in [1.29, 1.82) is 0 Å². The normalized spacial score (nSPS) is 27.2. The van der Waals surface area contributed by atoms with E-state index >= 15 is 0 Å². The Morgan fingerprint density at radius 2 is 1.60 bits per heavy atom. The zero-order chi connectivity index (χ0) is 22.6. The van der Waals surface area contributed by atoms with E-state index in [1.807, 2.05) is 25.6 Å². The Balaban J connectivity index is 0.000000248. The van der Waals surface area contributed by atoms with E-state index in [9.17, 15) is 0 Å². The van der Waals surface area contributed by atoms with Crippen LogP contribution in [0, 0.1) is 11.8 Å². The van der Waals surface area contributed by atoms with E-state index in [2.05, 4.69) is 68.7 Å². The summed E-state index contributed by atoms with van der Waals surface area (Å²) in [7, 11) is 0. The second kappa shape index (κ2) is 14.9. The van der Waals surface area contributed by atoms with Crippen molar-refractivity contribution in [3.05, 3.63) is 28.2 Å². The molecule has 0 radical (unpaired) electrons. The van der Waals surface area contributed by atoms with Gasteiger partial charge >= 0.3 is 0 Å². The van der Waals surface area contributed by atoms with Crippen LogP contribution in [0.4, 0.5) is 0 Å². The highest BCUT2D eigenvalue weighted by Gasteiger charge is 2.42. The minimum Gasteiger partial charge on any atom is -0.350 e. The molecule has 0 aromatic heterocycles. The first-order valence-electron chi connectivity index (χ1n) is 12.1. The van der Waals surface area contributed by atoms with Crippen LogP contribution in [-0.2, 0) is 15.9 Å². The van der Waals surface area contributed by atoms with Gasteiger partial charge in [0.2, 0.25) is 0 Å². The summed E-state index contributed by atoms with van der Waals surface area (Å²) in [5, 5.41) is 0.892. The van der Waals surface area contributed by atoms with Gasteiger partial charge in [0.05, 0.1) is 13.2 Å². The van der Waals surface area contributed by atoms with Crippen molar-refractivity contribution in [1.82, 2.24) is 0 Å². The third-order valence-electron chi connectivity index (χ3n) is 5.16. The molecule has 0 bridgehead atoms. The highest BCUT2D eigenvalue weighted by Crippen LogP contribution is 2.42. The molecule has 1 aromatic rings. The fraction of sp³-hybridized carbons (Fsp3) is 0.769. The summed E-state index contributed by atoms with van der Waals surface area (Å²) in [4.78, 5) is 1.40. The first kappa shape index (κ1) is 28.0. The molecule has 3 aliphatic rings. The molecule has 2 saturated carbocycles. The second-order valence-corrected chi connectivity index (χ2v) is 10.8. The molecule has 3 fully saturated rings. The molecule has 4 heteroatoms. The molecule has 1 spiro atoms. The lowest BCUT2D eigenvalue weighted by atomic mass is 10.1. The molecule has 1 aliphatic heterocycles. The molecule has 1 atom stereocenters. The predicted molar refractivity (Wildman–Crippen MR) is 137 cm³/mol. The standard InChI is InChI=1S/C11H13BrS.C10H18O2.C3H8.C2H6/c1-2-8-3-6-11(10(12)7-8)13-9-4-5-9;1-8-3-4-10(5-8)11-6-9(2)7-12-10;1-3-2;1-2/h3,6-7,9H,2,4-5H2,1H3;8-9H,3-7H2,1-2H3;3H2,1-2H3;1-2H3. The minimum absolute atomic E-state index is 0.175. The first-order valence-corrected chi connectivity index (χ1v) is 13.8. The molecule has 0 amide bonds. The van der Waals surface area contributed by atoms with Crippen LogP contribution < -0.4 is 0 Å². The Morgan fingerprint density at radius 1 is 1.00 bits per heavy atom. The zero-order valence-electron chi connectivity index (χ0n) is 20.4. The molecule has 1 unspecified atom stereocenters. The van der Waals surface area contributed by atoms with E-state index < -0.39 is 0 Å². The van der Waals surface area contributed by atoms with Crippen LogP contribution in [0.2, 0.25) is 0 Å². The molecule has 2 aliphatic carbocycles. The fourth-order valence-corrected chi connectivity index (χ4v) is 5.12. The Bertz CT molecular complexity index is 580. The van der Waals surface area contributed by atoms with Gasteiger partial charge in [-0.25, -0.2) is 0 Å². The van der Waals surface area contributed by atoms with Crippen molar-refractivity contribution >= 4 is 27.7 Å². The molecule has 4 rings (SSSR count). The molecule has 1 aromatic carbocycles. The summed E-state index contributed by atoms with van der Waals surface area (Å²) in [6, 6.07) is 6.71. The van der Waals surface area contributed by atoms with E-state index in [1.54, 1.807) is 0 Å². The van der Waals surface area contributed by atoms with Crippen molar-refractivity contribution in [2.45, 2.75) is 109 Å². The summed E-state index contributed by atoms with van der Waals surface area (Å²) < 4.78 is 12.8. The highest BCUT2D eigenvalue weighted by atomic mass is 79.9. The molecule has 2 nitrogen and oxygen atoms in total. The number of halogens is 1. The van der Waals surface area contributed by atoms with Gasteiger partial charge in [0.15, 0.2) is 5.79 Å². The van der Waals surface area contributed by atoms with Gasteiger partial charge in [0, 0.05) is 33.4 Å². The zero-order valence-corrected chi connectivity index (χ0v) is 22.8. The van der Waals surface area contributed by atoms with Crippen LogP contribution in [0.5, 0.6) is 0 Å². The average molecular weight is 502 g/mol. The molecule has 1 heterocycles. The maximum absolute atomic E-state index is 5.79. The summed E-state index contributed by atoms with van der Waals surface area (Å²) in [5.41, 5.74) is 1.41. The maximum atomic E-state index is 5.79. The number of benzene rings is 1. The maximum Gasteiger partial charge on any atom is 0.168 e. The number of rotatable bonds is 3. The van der Waals surface area contributed by atoms with Crippen LogP contribution in [0.3, 0.4) is 0 Å². The van der Waals surface area contributed by atoms with Crippen molar-refractivity contribution in [3.8, 4) is 0 Å². The summed E-state index contributed by atoms with van der Waals surface area (Å²) >= 11 is 5.63. The van der Waals surface area contributed by atoms with E-state index in [1.165, 1.54) is 40.6 Å². The Hall–Kier alpha value is -0.0300. The molecule has 174 valence electrons. The van der Waals surface area contributed by atoms with E-state index in [-0.39, 0.29) is 5.79 Å². The van der Waals surface area contributed by atoms with E-state index in [4.69, 9.17) is 9.47 Å². The molecular formula is C26H45BrO2S. The van der Waals surface area contributed by atoms with Crippen molar-refractivity contribution in [2.24, 2.45) is 11.8 Å². The predicted octanol–water partition coefficient (Wildman–Crippen LogP) is 8.89. The van der Waals surface area contributed by atoms with Crippen molar-refractivity contribution in [3.63, 3.8) is 0 Å². The van der Waals surface area contributed by atoms with Crippen molar-refractivity contribution in [2.75, 3.05) is 13.2 Å². The van der Waals surface area contributed by atoms with Crippen LogP contribution >= 0.6 is 27.7 Å². The van der Waals surface area contributed by atoms with Crippen LogP contribution in [0.25, 0.3) is 0 Å². The number of thioether (sulfide) groups is 1. The van der Waals surface area contributed by atoms with Crippen LogP contribution in [0.1, 0.15) is 92.6 Å². The number of hydrogen-bond acceptors (Lipinski definition) is 3. The van der Waals surface area contributed by atoms with Gasteiger partial charge < -0.3 is 9.47 Å². The van der Waals surface area contributed by atoms with Crippen LogP contribution in [0.15, 0.2) is 27.6 Å². The number of ether oxygens (including phenoxy) is 2. The lowest BCUT2D eigenvalue weighted by molar-refractivity contribution is -0.277. The summed E-state index contributed by atoms with van der Waals surface area (Å²) in [6.45, 7) is 16.7. The Labute approximate surface area is 199 Å². The third-order valence-corrected chi connectivity index (χ3v) is 7.50. The van der Waals surface area contributed by atoms with Gasteiger partial charge in [0.25, 0.3) is 0 Å². The van der Waals surface area contributed by atoms with Gasteiger partial charge in [0.1, 0.15) is 0 Å². The SMILES string of the molecule is CC.CC1COC2(CCC(C)C2)OC1.CCC.CCc1ccc(SC2CC2)c(Br)c1. The lowest BCUT2D eigenvalue weighted by Crippen LogP contribution is -2.41. The van der Waals surface area contributed by atoms with Crippen LogP contribution in [-0.4, -0.2) is 24.3 Å². The number of aryl methyl sites for hydroxylation is 1. The quantitative estimate of drug-likeness (QED) is 0.412. The van der Waals surface area contributed by atoms with Gasteiger partial charge in [-0.05, 0) is 65.2 Å². The largest absolute Gasteiger partial charge is 0.350 e. The smallest absolute Gasteiger partial charge is 0.168 e. The Morgan fingerprint density at radius 3 is 2.03 bits per heavy atom. The van der Waals surface area contributed by atoms with Gasteiger partial charge in [-0.15, -0.1) is 11.8 Å². The van der Waals surface area contributed by atoms with Gasteiger partial charge in [-0.3, -0.25) is 0 Å². The highest BCUT2D eigenvalue weighted by molar-refractivity contribution is 9.10.